The van der Waals surface area contributed by atoms with E-state index in [4.69, 9.17) is 0 Å². The third-order valence-electron chi connectivity index (χ3n) is 11.9. The Balaban J connectivity index is 1.32. The summed E-state index contributed by atoms with van der Waals surface area (Å²) in [6.45, 7) is -0.594. The summed E-state index contributed by atoms with van der Waals surface area (Å²) in [4.78, 5) is 34.2. The van der Waals surface area contributed by atoms with Gasteiger partial charge in [0.05, 0.1) is 33.4 Å². The number of nitro groups is 3. The van der Waals surface area contributed by atoms with Crippen LogP contribution in [0.2, 0.25) is 0 Å². The minimum Gasteiger partial charge on any atom is -0.361 e. The molecule has 0 aromatic heterocycles. The van der Waals surface area contributed by atoms with Crippen LogP contribution >= 0.6 is 0 Å². The third-order valence-corrected chi connectivity index (χ3v) is 17.2. The zero-order valence-electron chi connectivity index (χ0n) is 35.5. The topological polar surface area (TPSA) is 266 Å². The zero-order valence-corrected chi connectivity index (χ0v) is 38.0. The molecular formula is C43H48N8O12S3. The molecule has 0 aliphatic carbocycles. The van der Waals surface area contributed by atoms with Crippen LogP contribution in [0.5, 0.6) is 0 Å². The normalized spacial score (nSPS) is 19.6. The molecule has 2 N–H and O–H groups in total. The van der Waals surface area contributed by atoms with Crippen molar-refractivity contribution < 1.29 is 40.0 Å². The lowest BCUT2D eigenvalue weighted by Gasteiger charge is -2.45. The third kappa shape index (κ3) is 10.4. The maximum Gasteiger partial charge on any atom is 0.289 e. The van der Waals surface area contributed by atoms with E-state index in [9.17, 15) is 47.2 Å². The molecule has 0 radical (unpaired) electrons. The van der Waals surface area contributed by atoms with Gasteiger partial charge in [-0.2, -0.15) is 8.61 Å². The van der Waals surface area contributed by atoms with Gasteiger partial charge in [0.25, 0.3) is 17.1 Å². The second kappa shape index (κ2) is 20.3. The first kappa shape index (κ1) is 48.0. The molecule has 10 rings (SSSR count). The van der Waals surface area contributed by atoms with Crippen molar-refractivity contribution in [3.63, 3.8) is 0 Å². The van der Waals surface area contributed by atoms with Crippen LogP contribution in [0.15, 0.2) is 135 Å². The van der Waals surface area contributed by atoms with Crippen LogP contribution in [-0.4, -0.2) is 105 Å². The average molecular weight is 965 g/mol. The van der Waals surface area contributed by atoms with E-state index < -0.39 is 88.7 Å². The molecule has 0 amide bonds. The van der Waals surface area contributed by atoms with Crippen LogP contribution in [-0.2, 0) is 36.5 Å². The van der Waals surface area contributed by atoms with Gasteiger partial charge >= 0.3 is 0 Å². The fraction of sp³-hybridized carbons (Fsp3) is 0.349. The lowest BCUT2D eigenvalue weighted by Crippen LogP contribution is -2.55. The maximum atomic E-state index is 15.2. The number of benzene rings is 4. The summed E-state index contributed by atoms with van der Waals surface area (Å²) in [7, 11) is -13.6. The molecule has 1 fully saturated rings. The van der Waals surface area contributed by atoms with E-state index in [-0.39, 0.29) is 45.8 Å². The Morgan fingerprint density at radius 1 is 0.636 bits per heavy atom. The molecule has 20 nitrogen and oxygen atoms in total. The van der Waals surface area contributed by atoms with Crippen LogP contribution in [0.25, 0.3) is 0 Å². The van der Waals surface area contributed by atoms with Gasteiger partial charge in [0.1, 0.15) is 0 Å². The predicted octanol–water partition coefficient (Wildman–Crippen LogP) is 5.42. The summed E-state index contributed by atoms with van der Waals surface area (Å²) in [5, 5.41) is 39.4. The van der Waals surface area contributed by atoms with Crippen molar-refractivity contribution in [2.24, 2.45) is 0 Å². The Bertz CT molecular complexity index is 2900. The van der Waals surface area contributed by atoms with Crippen molar-refractivity contribution in [3.8, 4) is 0 Å². The number of para-hydroxylation sites is 3. The molecule has 1 saturated heterocycles. The first-order chi connectivity index (χ1) is 31.5. The van der Waals surface area contributed by atoms with E-state index in [2.05, 4.69) is 10.0 Å². The number of nitro benzene ring substituents is 3. The molecule has 2 unspecified atom stereocenters. The minimum absolute atomic E-state index is 0.0518. The first-order valence-electron chi connectivity index (χ1n) is 21.2. The monoisotopic (exact) mass is 964 g/mol. The fourth-order valence-electron chi connectivity index (χ4n) is 8.66. The van der Waals surface area contributed by atoms with Crippen molar-refractivity contribution in [1.82, 2.24) is 23.5 Å². The van der Waals surface area contributed by atoms with Crippen molar-refractivity contribution in [1.29, 1.82) is 0 Å². The quantitative estimate of drug-likeness (QED) is 0.133. The van der Waals surface area contributed by atoms with Gasteiger partial charge in [0, 0.05) is 63.2 Å². The lowest BCUT2D eigenvalue weighted by atomic mass is 9.90. The standard InChI is InChI=1S/C43H48N8O12S3/c52-49(53)36-12-4-7-15-40(36)64(58,59)45-30-35-29-33-22-26-47(35)43(34-20-18-32(28-33)19-21-34)39-31-44-23-27-46(65(60,61)41-16-8-5-13-37(41)50(54)55)24-10-2-1-3-11-25-48(39)66(62,63)42-17-9-6-14-38(42)51(56)57/h4-9,12-22,29,39,43-45H,1-3,10-11,23-28,30-31H2. The van der Waals surface area contributed by atoms with Crippen molar-refractivity contribution in [3.05, 3.63) is 162 Å². The highest BCUT2D eigenvalue weighted by Crippen LogP contribution is 2.39. The SMILES string of the molecule is O=[N+]([O-])c1ccccc1S(=O)(=O)NCC1=CC2=CCN1C(C1CNCCN(S(=O)(=O)c3ccccc3[N+](=O)[O-])CCCCCCCN1S(=O)(=O)c1ccccc1[N+](=O)[O-])c1ccc(cc1)C2. The van der Waals surface area contributed by atoms with Crippen LogP contribution < -0.4 is 10.0 Å². The highest BCUT2D eigenvalue weighted by atomic mass is 32.2. The summed E-state index contributed by atoms with van der Waals surface area (Å²) < 4.78 is 91.2. The summed E-state index contributed by atoms with van der Waals surface area (Å²) in [5.41, 5.74) is 0.922. The Kier molecular flexibility index (Phi) is 14.7. The maximum absolute atomic E-state index is 15.2. The van der Waals surface area contributed by atoms with Gasteiger partial charge in [0.15, 0.2) is 14.7 Å². The minimum atomic E-state index is -4.72. The van der Waals surface area contributed by atoms with Crippen molar-refractivity contribution in [2.75, 3.05) is 45.8 Å². The number of hydrogen-bond acceptors (Lipinski definition) is 14. The largest absolute Gasteiger partial charge is 0.361 e. The number of nitrogens with zero attached hydrogens (tertiary/aromatic N) is 6. The summed E-state index contributed by atoms with van der Waals surface area (Å²) >= 11 is 0. The van der Waals surface area contributed by atoms with Crippen molar-refractivity contribution >= 4 is 47.1 Å². The summed E-state index contributed by atoms with van der Waals surface area (Å²) in [6, 6.07) is 20.5. The molecule has 4 bridgehead atoms. The Labute approximate surface area is 382 Å². The molecule has 2 atom stereocenters. The molecule has 4 aromatic carbocycles. The van der Waals surface area contributed by atoms with E-state index in [1.165, 1.54) is 57.1 Å². The van der Waals surface area contributed by atoms with Gasteiger partial charge in [-0.05, 0) is 60.2 Å². The van der Waals surface area contributed by atoms with E-state index in [0.717, 1.165) is 35.4 Å². The number of allylic oxidation sites excluding steroid dienone is 2. The highest BCUT2D eigenvalue weighted by Gasteiger charge is 2.43. The van der Waals surface area contributed by atoms with E-state index in [0.29, 0.717) is 49.8 Å². The molecule has 0 spiro atoms. The van der Waals surface area contributed by atoms with Gasteiger partial charge in [-0.25, -0.2) is 30.0 Å². The van der Waals surface area contributed by atoms with Crippen LogP contribution in [0, 0.1) is 30.3 Å². The van der Waals surface area contributed by atoms with Gasteiger partial charge in [-0.3, -0.25) is 30.3 Å². The molecule has 66 heavy (non-hydrogen) atoms. The van der Waals surface area contributed by atoms with E-state index in [1.807, 2.05) is 35.2 Å². The molecule has 6 heterocycles. The first-order valence-corrected chi connectivity index (χ1v) is 25.5. The fourth-order valence-corrected chi connectivity index (χ4v) is 13.3. The average Bonchev–Trinajstić information content (AvgIpc) is 3.30. The molecule has 23 heteroatoms. The smallest absolute Gasteiger partial charge is 0.289 e. The van der Waals surface area contributed by atoms with E-state index >= 15 is 8.42 Å². The van der Waals surface area contributed by atoms with Gasteiger partial charge in [0.2, 0.25) is 30.1 Å². The second-order valence-corrected chi connectivity index (χ2v) is 21.5. The zero-order chi connectivity index (χ0) is 47.2. The Hall–Kier alpha value is -5.95. The number of hydrogen-bond donors (Lipinski definition) is 2. The molecular weight excluding hydrogens is 917 g/mol. The number of rotatable bonds is 12. The second-order valence-electron chi connectivity index (χ2n) is 16.0. The number of nitrogens with one attached hydrogen (secondary N) is 2. The Morgan fingerprint density at radius 2 is 1.17 bits per heavy atom. The molecule has 6 aliphatic heterocycles. The summed E-state index contributed by atoms with van der Waals surface area (Å²) in [5.74, 6) is 0. The van der Waals surface area contributed by atoms with Crippen LogP contribution in [0.4, 0.5) is 17.1 Å². The van der Waals surface area contributed by atoms with Gasteiger partial charge < -0.3 is 10.2 Å². The predicted molar refractivity (Wildman–Crippen MR) is 243 cm³/mol. The molecule has 6 aliphatic rings. The summed E-state index contributed by atoms with van der Waals surface area (Å²) in [6.07, 6.45) is 6.54. The van der Waals surface area contributed by atoms with Crippen molar-refractivity contribution in [2.45, 2.75) is 65.3 Å². The van der Waals surface area contributed by atoms with E-state index in [1.54, 1.807) is 6.08 Å². The lowest BCUT2D eigenvalue weighted by molar-refractivity contribution is -0.388. The number of sulfonamides is 3. The Morgan fingerprint density at radius 3 is 1.77 bits per heavy atom. The molecule has 0 saturated carbocycles. The van der Waals surface area contributed by atoms with Gasteiger partial charge in [-0.15, -0.1) is 0 Å². The highest BCUT2D eigenvalue weighted by molar-refractivity contribution is 7.90. The van der Waals surface area contributed by atoms with Crippen LogP contribution in [0.1, 0.15) is 49.3 Å². The van der Waals surface area contributed by atoms with Gasteiger partial charge in [-0.1, -0.05) is 86.0 Å². The molecule has 350 valence electrons. The molecule has 4 aromatic rings. The van der Waals surface area contributed by atoms with Crippen LogP contribution in [0.3, 0.4) is 0 Å².